The zero-order valence-corrected chi connectivity index (χ0v) is 9.78. The molecule has 0 aromatic heterocycles. The van der Waals surface area contributed by atoms with Crippen molar-refractivity contribution in [1.82, 2.24) is 0 Å². The summed E-state index contributed by atoms with van der Waals surface area (Å²) in [5, 5.41) is 0. The number of rotatable bonds is 1. The second-order valence-electron chi connectivity index (χ2n) is 5.08. The van der Waals surface area contributed by atoms with Crippen LogP contribution in [0.25, 0.3) is 0 Å². The van der Waals surface area contributed by atoms with E-state index in [-0.39, 0.29) is 6.04 Å². The molecule has 2 aliphatic rings. The highest BCUT2D eigenvalue weighted by molar-refractivity contribution is 5.53. The van der Waals surface area contributed by atoms with E-state index in [1.165, 1.54) is 55.6 Å². The molecule has 3 rings (SSSR count). The molecule has 2 N–H and O–H groups in total. The van der Waals surface area contributed by atoms with Gasteiger partial charge in [0.25, 0.3) is 0 Å². The molecular formula is C14H20N2. The number of benzene rings is 1. The summed E-state index contributed by atoms with van der Waals surface area (Å²) in [5.74, 6) is 0. The Balaban J connectivity index is 1.93. The molecule has 0 bridgehead atoms. The highest BCUT2D eigenvalue weighted by atomic mass is 15.1. The molecule has 1 aromatic carbocycles. The highest BCUT2D eigenvalue weighted by Gasteiger charge is 2.19. The van der Waals surface area contributed by atoms with E-state index in [1.54, 1.807) is 0 Å². The number of aryl methyl sites for hydroxylation is 1. The fourth-order valence-electron chi connectivity index (χ4n) is 3.00. The Morgan fingerprint density at radius 3 is 2.75 bits per heavy atom. The molecule has 0 radical (unpaired) electrons. The molecule has 1 aliphatic carbocycles. The fraction of sp³-hybridized carbons (Fsp3) is 0.571. The average Bonchev–Trinajstić information content (AvgIpc) is 2.83. The first-order valence-electron chi connectivity index (χ1n) is 6.48. The van der Waals surface area contributed by atoms with Gasteiger partial charge in [0, 0.05) is 24.8 Å². The zero-order chi connectivity index (χ0) is 11.0. The third-order valence-electron chi connectivity index (χ3n) is 3.96. The van der Waals surface area contributed by atoms with Crippen LogP contribution in [-0.2, 0) is 6.42 Å². The van der Waals surface area contributed by atoms with E-state index < -0.39 is 0 Å². The minimum atomic E-state index is 0.270. The summed E-state index contributed by atoms with van der Waals surface area (Å²) in [6.45, 7) is 2.43. The molecule has 2 heteroatoms. The largest absolute Gasteiger partial charge is 0.372 e. The van der Waals surface area contributed by atoms with E-state index in [0.717, 1.165) is 6.42 Å². The maximum absolute atomic E-state index is 6.20. The van der Waals surface area contributed by atoms with Crippen LogP contribution in [0.15, 0.2) is 18.2 Å². The Morgan fingerprint density at radius 2 is 1.94 bits per heavy atom. The summed E-state index contributed by atoms with van der Waals surface area (Å²) >= 11 is 0. The van der Waals surface area contributed by atoms with E-state index in [0.29, 0.717) is 0 Å². The van der Waals surface area contributed by atoms with E-state index in [4.69, 9.17) is 5.73 Å². The standard InChI is InChI=1S/C14H20N2/c15-14-5-3-4-11-6-7-12(10-13(11)14)16-8-1-2-9-16/h6-7,10,14H,1-5,8-9,15H2. The van der Waals surface area contributed by atoms with Crippen LogP contribution in [0.2, 0.25) is 0 Å². The van der Waals surface area contributed by atoms with Crippen LogP contribution in [0, 0.1) is 0 Å². The van der Waals surface area contributed by atoms with Crippen molar-refractivity contribution >= 4 is 5.69 Å². The van der Waals surface area contributed by atoms with Gasteiger partial charge in [0.1, 0.15) is 0 Å². The molecule has 1 heterocycles. The van der Waals surface area contributed by atoms with E-state index in [9.17, 15) is 0 Å². The first-order chi connectivity index (χ1) is 7.84. The van der Waals surface area contributed by atoms with Crippen LogP contribution < -0.4 is 10.6 Å². The number of nitrogens with zero attached hydrogens (tertiary/aromatic N) is 1. The lowest BCUT2D eigenvalue weighted by Gasteiger charge is -2.25. The molecule has 0 saturated carbocycles. The topological polar surface area (TPSA) is 29.3 Å². The van der Waals surface area contributed by atoms with Crippen molar-refractivity contribution in [3.8, 4) is 0 Å². The first kappa shape index (κ1) is 10.2. The van der Waals surface area contributed by atoms with Crippen molar-refractivity contribution in [2.75, 3.05) is 18.0 Å². The molecule has 1 fully saturated rings. The second kappa shape index (κ2) is 4.10. The summed E-state index contributed by atoms with van der Waals surface area (Å²) < 4.78 is 0. The van der Waals surface area contributed by atoms with Gasteiger partial charge >= 0.3 is 0 Å². The van der Waals surface area contributed by atoms with E-state index in [1.807, 2.05) is 0 Å². The van der Waals surface area contributed by atoms with Crippen molar-refractivity contribution in [2.45, 2.75) is 38.1 Å². The predicted molar refractivity (Wildman–Crippen MR) is 67.8 cm³/mol. The predicted octanol–water partition coefficient (Wildman–Crippen LogP) is 2.62. The summed E-state index contributed by atoms with van der Waals surface area (Å²) in [6, 6.07) is 7.18. The number of nitrogens with two attached hydrogens (primary N) is 1. The summed E-state index contributed by atoms with van der Waals surface area (Å²) in [5.41, 5.74) is 10.5. The number of hydrogen-bond donors (Lipinski definition) is 1. The molecular weight excluding hydrogens is 196 g/mol. The van der Waals surface area contributed by atoms with Gasteiger partial charge in [-0.3, -0.25) is 0 Å². The van der Waals surface area contributed by atoms with Crippen LogP contribution in [0.1, 0.15) is 42.9 Å². The lowest BCUT2D eigenvalue weighted by atomic mass is 9.88. The van der Waals surface area contributed by atoms with Crippen molar-refractivity contribution in [1.29, 1.82) is 0 Å². The third-order valence-corrected chi connectivity index (χ3v) is 3.96. The van der Waals surface area contributed by atoms with Crippen LogP contribution in [0.5, 0.6) is 0 Å². The van der Waals surface area contributed by atoms with Crippen molar-refractivity contribution in [3.05, 3.63) is 29.3 Å². The minimum Gasteiger partial charge on any atom is -0.372 e. The Hall–Kier alpha value is -1.02. The SMILES string of the molecule is NC1CCCc2ccc(N3CCCC3)cc21. The van der Waals surface area contributed by atoms with E-state index >= 15 is 0 Å². The maximum Gasteiger partial charge on any atom is 0.0369 e. The Bertz CT molecular complexity index is 380. The molecule has 1 atom stereocenters. The maximum atomic E-state index is 6.20. The van der Waals surface area contributed by atoms with Crippen LogP contribution >= 0.6 is 0 Å². The number of anilines is 1. The quantitative estimate of drug-likeness (QED) is 0.782. The first-order valence-corrected chi connectivity index (χ1v) is 6.48. The summed E-state index contributed by atoms with van der Waals surface area (Å²) in [7, 11) is 0. The normalized spacial score (nSPS) is 24.6. The number of hydrogen-bond acceptors (Lipinski definition) is 2. The molecule has 1 saturated heterocycles. The van der Waals surface area contributed by atoms with Crippen molar-refractivity contribution < 1.29 is 0 Å². The third kappa shape index (κ3) is 1.71. The smallest absolute Gasteiger partial charge is 0.0369 e. The molecule has 1 aromatic rings. The second-order valence-corrected chi connectivity index (χ2v) is 5.08. The average molecular weight is 216 g/mol. The molecule has 86 valence electrons. The van der Waals surface area contributed by atoms with Gasteiger partial charge in [-0.15, -0.1) is 0 Å². The van der Waals surface area contributed by atoms with Gasteiger partial charge in [-0.2, -0.15) is 0 Å². The lowest BCUT2D eigenvalue weighted by molar-refractivity contribution is 0.570. The lowest BCUT2D eigenvalue weighted by Crippen LogP contribution is -2.21. The van der Waals surface area contributed by atoms with Crippen molar-refractivity contribution in [3.63, 3.8) is 0 Å². The van der Waals surface area contributed by atoms with Crippen molar-refractivity contribution in [2.24, 2.45) is 5.73 Å². The molecule has 16 heavy (non-hydrogen) atoms. The van der Waals surface area contributed by atoms with Gasteiger partial charge in [-0.1, -0.05) is 6.07 Å². The molecule has 2 nitrogen and oxygen atoms in total. The molecule has 1 unspecified atom stereocenters. The Labute approximate surface area is 97.4 Å². The summed E-state index contributed by atoms with van der Waals surface area (Å²) in [6.07, 6.45) is 6.28. The van der Waals surface area contributed by atoms with Gasteiger partial charge in [0.15, 0.2) is 0 Å². The van der Waals surface area contributed by atoms with Gasteiger partial charge in [-0.05, 0) is 55.4 Å². The van der Waals surface area contributed by atoms with Crippen LogP contribution in [-0.4, -0.2) is 13.1 Å². The summed E-state index contributed by atoms with van der Waals surface area (Å²) in [4.78, 5) is 2.49. The highest BCUT2D eigenvalue weighted by Crippen LogP contribution is 2.32. The number of fused-ring (bicyclic) bond motifs is 1. The van der Waals surface area contributed by atoms with Crippen LogP contribution in [0.4, 0.5) is 5.69 Å². The minimum absolute atomic E-state index is 0.270. The van der Waals surface area contributed by atoms with Crippen LogP contribution in [0.3, 0.4) is 0 Å². The van der Waals surface area contributed by atoms with Gasteiger partial charge in [0.2, 0.25) is 0 Å². The molecule has 1 aliphatic heterocycles. The molecule has 0 spiro atoms. The van der Waals surface area contributed by atoms with Gasteiger partial charge < -0.3 is 10.6 Å². The fourth-order valence-corrected chi connectivity index (χ4v) is 3.00. The van der Waals surface area contributed by atoms with Gasteiger partial charge in [0.05, 0.1) is 0 Å². The molecule has 0 amide bonds. The monoisotopic (exact) mass is 216 g/mol. The Kier molecular flexibility index (Phi) is 2.60. The van der Waals surface area contributed by atoms with Gasteiger partial charge in [-0.25, -0.2) is 0 Å². The van der Waals surface area contributed by atoms with E-state index in [2.05, 4.69) is 23.1 Å². The zero-order valence-electron chi connectivity index (χ0n) is 9.78. The Morgan fingerprint density at radius 1 is 1.12 bits per heavy atom.